The Balaban J connectivity index is 1.98. The molecule has 4 nitrogen and oxygen atoms in total. The molecule has 1 aromatic rings. The number of carboxylic acids is 1. The maximum absolute atomic E-state index is 12.0. The standard InChI is InChI=1S/C16H21NO3/c1-3-12(13-6-4-11(2)5-7-13)10-14(18)17-16(8-9-16)15(19)20/h4-7,12H,3,8-10H2,1-2H3,(H,17,18)(H,19,20). The lowest BCUT2D eigenvalue weighted by Crippen LogP contribution is -2.43. The number of amides is 1. The third-order valence-electron chi connectivity index (χ3n) is 4.01. The van der Waals surface area contributed by atoms with Gasteiger partial charge in [-0.1, -0.05) is 36.8 Å². The van der Waals surface area contributed by atoms with Crippen LogP contribution < -0.4 is 5.32 Å². The van der Waals surface area contributed by atoms with E-state index in [1.807, 2.05) is 38.1 Å². The molecule has 1 aliphatic rings. The van der Waals surface area contributed by atoms with Crippen LogP contribution in [-0.2, 0) is 9.59 Å². The van der Waals surface area contributed by atoms with Crippen LogP contribution in [0.3, 0.4) is 0 Å². The Hall–Kier alpha value is -1.84. The molecule has 0 radical (unpaired) electrons. The van der Waals surface area contributed by atoms with Gasteiger partial charge in [-0.05, 0) is 37.7 Å². The van der Waals surface area contributed by atoms with Gasteiger partial charge in [0.1, 0.15) is 5.54 Å². The van der Waals surface area contributed by atoms with E-state index < -0.39 is 11.5 Å². The lowest BCUT2D eigenvalue weighted by atomic mass is 9.92. The van der Waals surface area contributed by atoms with Crippen molar-refractivity contribution in [2.75, 3.05) is 0 Å². The smallest absolute Gasteiger partial charge is 0.329 e. The van der Waals surface area contributed by atoms with Crippen molar-refractivity contribution in [2.45, 2.75) is 51.0 Å². The van der Waals surface area contributed by atoms with Crippen LogP contribution >= 0.6 is 0 Å². The zero-order valence-corrected chi connectivity index (χ0v) is 12.0. The molecule has 0 spiro atoms. The summed E-state index contributed by atoms with van der Waals surface area (Å²) in [5.41, 5.74) is 1.34. The number of hydrogen-bond acceptors (Lipinski definition) is 2. The Morgan fingerprint density at radius 3 is 2.35 bits per heavy atom. The highest BCUT2D eigenvalue weighted by molar-refractivity contribution is 5.89. The highest BCUT2D eigenvalue weighted by atomic mass is 16.4. The van der Waals surface area contributed by atoms with E-state index >= 15 is 0 Å². The van der Waals surface area contributed by atoms with Crippen molar-refractivity contribution in [3.63, 3.8) is 0 Å². The van der Waals surface area contributed by atoms with Crippen LogP contribution in [0.15, 0.2) is 24.3 Å². The fourth-order valence-corrected chi connectivity index (χ4v) is 2.40. The lowest BCUT2D eigenvalue weighted by Gasteiger charge is -2.18. The Bertz CT molecular complexity index is 503. The largest absolute Gasteiger partial charge is 0.480 e. The number of hydrogen-bond donors (Lipinski definition) is 2. The van der Waals surface area contributed by atoms with Gasteiger partial charge in [-0.25, -0.2) is 4.79 Å². The number of aliphatic carboxylic acids is 1. The average Bonchev–Trinajstić information content (AvgIpc) is 3.18. The topological polar surface area (TPSA) is 66.4 Å². The van der Waals surface area contributed by atoms with E-state index in [1.165, 1.54) is 5.56 Å². The summed E-state index contributed by atoms with van der Waals surface area (Å²) >= 11 is 0. The number of aryl methyl sites for hydroxylation is 1. The monoisotopic (exact) mass is 275 g/mol. The van der Waals surface area contributed by atoms with E-state index in [9.17, 15) is 9.59 Å². The van der Waals surface area contributed by atoms with Crippen molar-refractivity contribution in [1.82, 2.24) is 5.32 Å². The number of carbonyl (C=O) groups is 2. The molecule has 1 fully saturated rings. The second kappa shape index (κ2) is 5.65. The van der Waals surface area contributed by atoms with Crippen LogP contribution in [0, 0.1) is 6.92 Å². The van der Waals surface area contributed by atoms with E-state index in [0.29, 0.717) is 19.3 Å². The number of carboxylic acid groups (broad SMARTS) is 1. The minimum atomic E-state index is -0.983. The summed E-state index contributed by atoms with van der Waals surface area (Å²) in [6.45, 7) is 4.07. The van der Waals surface area contributed by atoms with E-state index in [0.717, 1.165) is 12.0 Å². The van der Waals surface area contributed by atoms with Gasteiger partial charge in [0, 0.05) is 6.42 Å². The maximum Gasteiger partial charge on any atom is 0.329 e. The number of benzene rings is 1. The maximum atomic E-state index is 12.0. The molecule has 4 heteroatoms. The van der Waals surface area contributed by atoms with Crippen LogP contribution in [0.2, 0.25) is 0 Å². The summed E-state index contributed by atoms with van der Waals surface area (Å²) in [5, 5.41) is 11.8. The summed E-state index contributed by atoms with van der Waals surface area (Å²) in [4.78, 5) is 23.1. The minimum absolute atomic E-state index is 0.139. The molecule has 108 valence electrons. The quantitative estimate of drug-likeness (QED) is 0.838. The van der Waals surface area contributed by atoms with Crippen molar-refractivity contribution >= 4 is 11.9 Å². The van der Waals surface area contributed by atoms with Crippen LogP contribution in [-0.4, -0.2) is 22.5 Å². The molecule has 0 aromatic heterocycles. The third kappa shape index (κ3) is 3.18. The molecular formula is C16H21NO3. The Kier molecular flexibility index (Phi) is 4.12. The van der Waals surface area contributed by atoms with Crippen molar-refractivity contribution in [1.29, 1.82) is 0 Å². The van der Waals surface area contributed by atoms with Crippen LogP contribution in [0.1, 0.15) is 49.7 Å². The zero-order chi connectivity index (χ0) is 14.8. The van der Waals surface area contributed by atoms with Crippen molar-refractivity contribution < 1.29 is 14.7 Å². The van der Waals surface area contributed by atoms with Gasteiger partial charge in [-0.15, -0.1) is 0 Å². The van der Waals surface area contributed by atoms with E-state index in [-0.39, 0.29) is 11.8 Å². The van der Waals surface area contributed by atoms with Gasteiger partial charge in [0.05, 0.1) is 0 Å². The Morgan fingerprint density at radius 1 is 1.30 bits per heavy atom. The molecule has 1 amide bonds. The second-order valence-electron chi connectivity index (χ2n) is 5.66. The van der Waals surface area contributed by atoms with Crippen LogP contribution in [0.25, 0.3) is 0 Å². The molecule has 1 saturated carbocycles. The second-order valence-corrected chi connectivity index (χ2v) is 5.66. The summed E-state index contributed by atoms with van der Waals surface area (Å²) in [6.07, 6.45) is 2.27. The fraction of sp³-hybridized carbons (Fsp3) is 0.500. The SMILES string of the molecule is CCC(CC(=O)NC1(C(=O)O)CC1)c1ccc(C)cc1. The minimum Gasteiger partial charge on any atom is -0.480 e. The normalized spacial score (nSPS) is 17.3. The summed E-state index contributed by atoms with van der Waals surface area (Å²) in [7, 11) is 0. The van der Waals surface area contributed by atoms with Gasteiger partial charge in [0.25, 0.3) is 0 Å². The van der Waals surface area contributed by atoms with Crippen molar-refractivity contribution in [2.24, 2.45) is 0 Å². The first-order chi connectivity index (χ1) is 9.47. The van der Waals surface area contributed by atoms with E-state index in [2.05, 4.69) is 5.32 Å². The molecule has 0 heterocycles. The van der Waals surface area contributed by atoms with Gasteiger partial charge in [0.15, 0.2) is 0 Å². The van der Waals surface area contributed by atoms with E-state index in [1.54, 1.807) is 0 Å². The third-order valence-corrected chi connectivity index (χ3v) is 4.01. The fourth-order valence-electron chi connectivity index (χ4n) is 2.40. The number of carbonyl (C=O) groups excluding carboxylic acids is 1. The first-order valence-electron chi connectivity index (χ1n) is 7.08. The molecule has 1 unspecified atom stereocenters. The molecular weight excluding hydrogens is 254 g/mol. The van der Waals surface area contributed by atoms with E-state index in [4.69, 9.17) is 5.11 Å². The highest BCUT2D eigenvalue weighted by Crippen LogP contribution is 2.36. The zero-order valence-electron chi connectivity index (χ0n) is 12.0. The summed E-state index contributed by atoms with van der Waals surface area (Å²) in [6, 6.07) is 8.16. The van der Waals surface area contributed by atoms with Gasteiger partial charge in [-0.2, -0.15) is 0 Å². The van der Waals surface area contributed by atoms with Crippen LogP contribution in [0.4, 0.5) is 0 Å². The molecule has 0 bridgehead atoms. The average molecular weight is 275 g/mol. The molecule has 2 N–H and O–H groups in total. The number of rotatable bonds is 6. The highest BCUT2D eigenvalue weighted by Gasteiger charge is 2.51. The van der Waals surface area contributed by atoms with Gasteiger partial charge < -0.3 is 10.4 Å². The molecule has 0 saturated heterocycles. The molecule has 20 heavy (non-hydrogen) atoms. The molecule has 1 aliphatic carbocycles. The Labute approximate surface area is 119 Å². The predicted octanol–water partition coefficient (Wildman–Crippen LogP) is 2.61. The van der Waals surface area contributed by atoms with Crippen LogP contribution in [0.5, 0.6) is 0 Å². The van der Waals surface area contributed by atoms with Crippen molar-refractivity contribution in [3.05, 3.63) is 35.4 Å². The first kappa shape index (κ1) is 14.6. The van der Waals surface area contributed by atoms with Gasteiger partial charge in [0.2, 0.25) is 5.91 Å². The molecule has 1 aromatic carbocycles. The Morgan fingerprint density at radius 2 is 1.90 bits per heavy atom. The molecule has 0 aliphatic heterocycles. The lowest BCUT2D eigenvalue weighted by molar-refractivity contribution is -0.143. The van der Waals surface area contributed by atoms with Gasteiger partial charge >= 0.3 is 5.97 Å². The predicted molar refractivity (Wildman–Crippen MR) is 76.6 cm³/mol. The first-order valence-corrected chi connectivity index (χ1v) is 7.08. The number of nitrogens with one attached hydrogen (secondary N) is 1. The summed E-state index contributed by atoms with van der Waals surface area (Å²) < 4.78 is 0. The molecule has 1 atom stereocenters. The summed E-state index contributed by atoms with van der Waals surface area (Å²) in [5.74, 6) is -0.952. The molecule has 2 rings (SSSR count). The van der Waals surface area contributed by atoms with Gasteiger partial charge in [-0.3, -0.25) is 4.79 Å². The van der Waals surface area contributed by atoms with Crippen molar-refractivity contribution in [3.8, 4) is 0 Å².